The Morgan fingerprint density at radius 2 is 1.50 bits per heavy atom. The lowest BCUT2D eigenvalue weighted by molar-refractivity contribution is -0.140. The first-order valence-corrected chi connectivity index (χ1v) is 16.3. The van der Waals surface area contributed by atoms with E-state index in [1.807, 2.05) is 65.0 Å². The second-order valence-electron chi connectivity index (χ2n) is 11.5. The van der Waals surface area contributed by atoms with Gasteiger partial charge in [0.15, 0.2) is 0 Å². The zero-order chi connectivity index (χ0) is 30.4. The number of hydrogen-bond donors (Lipinski definition) is 1. The van der Waals surface area contributed by atoms with Crippen molar-refractivity contribution < 1.29 is 18.0 Å². The Morgan fingerprint density at radius 1 is 0.881 bits per heavy atom. The molecule has 4 rings (SSSR count). The highest BCUT2D eigenvalue weighted by molar-refractivity contribution is 7.92. The largest absolute Gasteiger partial charge is 0.352 e. The normalized spacial score (nSPS) is 14.4. The zero-order valence-electron chi connectivity index (χ0n) is 25.4. The number of nitrogens with one attached hydrogen (secondary N) is 1. The van der Waals surface area contributed by atoms with Crippen LogP contribution in [0.2, 0.25) is 0 Å². The van der Waals surface area contributed by atoms with E-state index in [0.29, 0.717) is 12.1 Å². The summed E-state index contributed by atoms with van der Waals surface area (Å²) in [5, 5.41) is 3.16. The topological polar surface area (TPSA) is 86.8 Å². The summed E-state index contributed by atoms with van der Waals surface area (Å²) in [6, 6.07) is 19.3. The van der Waals surface area contributed by atoms with Crippen LogP contribution in [0.15, 0.2) is 71.6 Å². The molecule has 0 unspecified atom stereocenters. The first-order chi connectivity index (χ1) is 20.0. The third-order valence-electron chi connectivity index (χ3n) is 8.07. The molecule has 42 heavy (non-hydrogen) atoms. The minimum Gasteiger partial charge on any atom is -0.352 e. The van der Waals surface area contributed by atoms with Crippen molar-refractivity contribution >= 4 is 27.5 Å². The highest BCUT2D eigenvalue weighted by Crippen LogP contribution is 2.27. The molecule has 0 radical (unpaired) electrons. The maximum absolute atomic E-state index is 14.3. The monoisotopic (exact) mass is 589 g/mol. The fourth-order valence-corrected chi connectivity index (χ4v) is 7.12. The maximum Gasteiger partial charge on any atom is 0.264 e. The quantitative estimate of drug-likeness (QED) is 0.298. The van der Waals surface area contributed by atoms with Crippen LogP contribution in [-0.4, -0.2) is 43.8 Å². The van der Waals surface area contributed by atoms with Crippen LogP contribution in [0.25, 0.3) is 0 Å². The van der Waals surface area contributed by atoms with Gasteiger partial charge in [-0.25, -0.2) is 8.42 Å². The number of aryl methyl sites for hydroxylation is 4. The molecule has 1 aliphatic carbocycles. The summed E-state index contributed by atoms with van der Waals surface area (Å²) in [5.41, 5.74) is 5.05. The molecule has 0 spiro atoms. The Bertz CT molecular complexity index is 1490. The number of rotatable bonds is 11. The number of amides is 2. The van der Waals surface area contributed by atoms with Crippen molar-refractivity contribution in [3.05, 3.63) is 94.5 Å². The van der Waals surface area contributed by atoms with E-state index in [1.54, 1.807) is 41.3 Å². The van der Waals surface area contributed by atoms with E-state index in [9.17, 15) is 18.0 Å². The number of hydrogen-bond acceptors (Lipinski definition) is 4. The third kappa shape index (κ3) is 7.40. The zero-order valence-corrected chi connectivity index (χ0v) is 26.2. The summed E-state index contributed by atoms with van der Waals surface area (Å²) in [6.07, 6.45) is 4.43. The number of nitrogens with zero attached hydrogens (tertiary/aromatic N) is 2. The smallest absolute Gasteiger partial charge is 0.264 e. The van der Waals surface area contributed by atoms with Crippen molar-refractivity contribution in [1.29, 1.82) is 0 Å². The van der Waals surface area contributed by atoms with Crippen LogP contribution >= 0.6 is 0 Å². The van der Waals surface area contributed by atoms with Gasteiger partial charge in [-0.1, -0.05) is 67.8 Å². The number of carbonyl (C=O) groups excluding carboxylic acids is 2. The van der Waals surface area contributed by atoms with Gasteiger partial charge < -0.3 is 10.2 Å². The molecule has 0 bridgehead atoms. The van der Waals surface area contributed by atoms with Crippen molar-refractivity contribution in [2.45, 2.75) is 90.2 Å². The molecule has 1 atom stereocenters. The van der Waals surface area contributed by atoms with Crippen LogP contribution in [0.3, 0.4) is 0 Å². The second-order valence-corrected chi connectivity index (χ2v) is 13.4. The minimum atomic E-state index is -4.10. The van der Waals surface area contributed by atoms with E-state index >= 15 is 0 Å². The van der Waals surface area contributed by atoms with Crippen molar-refractivity contribution in [2.75, 3.05) is 10.8 Å². The lowest BCUT2D eigenvalue weighted by atomic mass is 10.1. The molecule has 1 aliphatic rings. The number of anilines is 1. The molecule has 1 saturated carbocycles. The number of benzene rings is 3. The van der Waals surface area contributed by atoms with Gasteiger partial charge in [0, 0.05) is 12.6 Å². The Balaban J connectivity index is 1.75. The van der Waals surface area contributed by atoms with Gasteiger partial charge in [-0.15, -0.1) is 0 Å². The molecular weight excluding hydrogens is 546 g/mol. The van der Waals surface area contributed by atoms with Gasteiger partial charge in [-0.2, -0.15) is 0 Å². The van der Waals surface area contributed by atoms with Gasteiger partial charge in [-0.05, 0) is 93.5 Å². The average molecular weight is 590 g/mol. The van der Waals surface area contributed by atoms with E-state index in [2.05, 4.69) is 5.32 Å². The molecule has 3 aromatic rings. The van der Waals surface area contributed by atoms with Gasteiger partial charge in [0.2, 0.25) is 11.8 Å². The minimum absolute atomic E-state index is 0.107. The lowest BCUT2D eigenvalue weighted by Gasteiger charge is -2.34. The Kier molecular flexibility index (Phi) is 10.1. The Morgan fingerprint density at radius 3 is 2.10 bits per heavy atom. The first kappa shape index (κ1) is 31.3. The predicted octanol–water partition coefficient (Wildman–Crippen LogP) is 5.98. The van der Waals surface area contributed by atoms with Crippen LogP contribution in [0.4, 0.5) is 5.69 Å². The SMILES string of the molecule is CC[C@@H](C(=O)NC1CCCC1)N(Cc1ccccc1C)C(=O)CN(c1cc(C)cc(C)c1)S(=O)(=O)c1ccc(C)cc1. The van der Waals surface area contributed by atoms with Crippen molar-refractivity contribution in [2.24, 2.45) is 0 Å². The molecular formula is C34H43N3O4S. The summed E-state index contributed by atoms with van der Waals surface area (Å²) in [6.45, 7) is 9.33. The molecule has 224 valence electrons. The third-order valence-corrected chi connectivity index (χ3v) is 9.86. The van der Waals surface area contributed by atoms with Crippen LogP contribution in [-0.2, 0) is 26.2 Å². The Hall–Kier alpha value is -3.65. The van der Waals surface area contributed by atoms with E-state index in [4.69, 9.17) is 0 Å². The van der Waals surface area contributed by atoms with E-state index in [-0.39, 0.29) is 23.4 Å². The molecule has 0 saturated heterocycles. The molecule has 0 aliphatic heterocycles. The number of sulfonamides is 1. The molecule has 1 fully saturated rings. The van der Waals surface area contributed by atoms with Crippen LogP contribution < -0.4 is 9.62 Å². The van der Waals surface area contributed by atoms with Crippen molar-refractivity contribution in [1.82, 2.24) is 10.2 Å². The fourth-order valence-electron chi connectivity index (χ4n) is 5.72. The molecule has 8 heteroatoms. The standard InChI is InChI=1S/C34H43N3O4S/c1-6-32(34(39)35-29-13-9-10-14-29)36(22-28-12-8-7-11-27(28)5)33(38)23-37(30-20-25(3)19-26(4)21-30)42(40,41)31-17-15-24(2)16-18-31/h7-8,11-12,15-21,29,32H,6,9-10,13-14,22-23H2,1-5H3,(H,35,39)/t32-/m0/s1. The van der Waals surface area contributed by atoms with Crippen LogP contribution in [0.1, 0.15) is 66.8 Å². The highest BCUT2D eigenvalue weighted by Gasteiger charge is 2.34. The van der Waals surface area contributed by atoms with Gasteiger partial charge in [0.25, 0.3) is 10.0 Å². The van der Waals surface area contributed by atoms with Gasteiger partial charge in [-0.3, -0.25) is 13.9 Å². The van der Waals surface area contributed by atoms with Gasteiger partial charge in [0.1, 0.15) is 12.6 Å². The predicted molar refractivity (Wildman–Crippen MR) is 168 cm³/mol. The molecule has 3 aromatic carbocycles. The van der Waals surface area contributed by atoms with Gasteiger partial charge >= 0.3 is 0 Å². The van der Waals surface area contributed by atoms with E-state index < -0.39 is 28.5 Å². The Labute approximate surface area is 251 Å². The number of carbonyl (C=O) groups is 2. The highest BCUT2D eigenvalue weighted by atomic mass is 32.2. The summed E-state index contributed by atoms with van der Waals surface area (Å²) >= 11 is 0. The van der Waals surface area contributed by atoms with E-state index in [1.165, 1.54) is 4.31 Å². The molecule has 7 nitrogen and oxygen atoms in total. The van der Waals surface area contributed by atoms with Crippen molar-refractivity contribution in [3.63, 3.8) is 0 Å². The van der Waals surface area contributed by atoms with Crippen LogP contribution in [0.5, 0.6) is 0 Å². The summed E-state index contributed by atoms with van der Waals surface area (Å²) in [4.78, 5) is 29.6. The fraction of sp³-hybridized carbons (Fsp3) is 0.412. The van der Waals surface area contributed by atoms with E-state index in [0.717, 1.165) is 53.5 Å². The van der Waals surface area contributed by atoms with Crippen molar-refractivity contribution in [3.8, 4) is 0 Å². The summed E-state index contributed by atoms with van der Waals surface area (Å²) in [5.74, 6) is -0.618. The maximum atomic E-state index is 14.3. The molecule has 0 heterocycles. The molecule has 1 N–H and O–H groups in total. The average Bonchev–Trinajstić information content (AvgIpc) is 3.45. The lowest BCUT2D eigenvalue weighted by Crippen LogP contribution is -2.53. The molecule has 2 amide bonds. The second kappa shape index (κ2) is 13.6. The first-order valence-electron chi connectivity index (χ1n) is 14.8. The van der Waals surface area contributed by atoms with Gasteiger partial charge in [0.05, 0.1) is 10.6 Å². The summed E-state index contributed by atoms with van der Waals surface area (Å²) < 4.78 is 29.4. The molecule has 0 aromatic heterocycles. The summed E-state index contributed by atoms with van der Waals surface area (Å²) in [7, 11) is -4.10. The van der Waals surface area contributed by atoms with Crippen LogP contribution in [0, 0.1) is 27.7 Å².